The van der Waals surface area contributed by atoms with Gasteiger partial charge in [0.05, 0.1) is 0 Å². The molecule has 0 aliphatic heterocycles. The second-order valence-electron chi connectivity index (χ2n) is 8.27. The van der Waals surface area contributed by atoms with Gasteiger partial charge in [-0.3, -0.25) is 4.79 Å². The molecule has 0 amide bonds. The van der Waals surface area contributed by atoms with Crippen LogP contribution in [0.4, 0.5) is 0 Å². The van der Waals surface area contributed by atoms with Gasteiger partial charge in [-0.1, -0.05) is 76.2 Å². The van der Waals surface area contributed by atoms with Crippen LogP contribution in [0.1, 0.15) is 96.8 Å². The summed E-state index contributed by atoms with van der Waals surface area (Å²) >= 11 is 0. The Morgan fingerprint density at radius 3 is 1.77 bits per heavy atom. The molecule has 152 valence electrons. The summed E-state index contributed by atoms with van der Waals surface area (Å²) in [6.45, 7) is 8.43. The van der Waals surface area contributed by atoms with Crippen molar-refractivity contribution < 1.29 is 9.22 Å². The first-order chi connectivity index (χ1) is 12.5. The van der Waals surface area contributed by atoms with Crippen molar-refractivity contribution >= 4 is 14.3 Å². The Morgan fingerprint density at radius 1 is 0.731 bits per heavy atom. The maximum atomic E-state index is 11.6. The second-order valence-corrected chi connectivity index (χ2v) is 12.7. The van der Waals surface area contributed by atoms with E-state index in [4.69, 9.17) is 4.43 Å². The molecule has 0 bridgehead atoms. The molecular weight excluding hydrogens is 336 g/mol. The van der Waals surface area contributed by atoms with Crippen LogP contribution in [0.15, 0.2) is 24.3 Å². The molecule has 0 unspecified atom stereocenters. The summed E-state index contributed by atoms with van der Waals surface area (Å²) in [4.78, 5) is 11.6. The van der Waals surface area contributed by atoms with Crippen LogP contribution in [0.25, 0.3) is 0 Å². The molecule has 26 heavy (non-hydrogen) atoms. The van der Waals surface area contributed by atoms with Gasteiger partial charge in [-0.15, -0.1) is 0 Å². The quantitative estimate of drug-likeness (QED) is 0.145. The zero-order chi connectivity index (χ0) is 19.5. The number of carbonyl (C=O) groups excluding carboxylic acids is 1. The van der Waals surface area contributed by atoms with Crippen LogP contribution in [0.3, 0.4) is 0 Å². The summed E-state index contributed by atoms with van der Waals surface area (Å²) in [6, 6.07) is 0. The third-order valence-corrected chi connectivity index (χ3v) is 5.09. The molecule has 0 aliphatic carbocycles. The smallest absolute Gasteiger partial charge is 0.292 e. The van der Waals surface area contributed by atoms with E-state index in [1.165, 1.54) is 64.2 Å². The largest absolute Gasteiger partial charge is 0.520 e. The second kappa shape index (κ2) is 17.6. The predicted octanol–water partition coefficient (Wildman–Crippen LogP) is 7.96. The fourth-order valence-corrected chi connectivity index (χ4v) is 3.61. The minimum absolute atomic E-state index is 0.00626. The molecule has 0 aromatic rings. The van der Waals surface area contributed by atoms with E-state index in [0.29, 0.717) is 6.42 Å². The van der Waals surface area contributed by atoms with Crippen LogP contribution >= 0.6 is 0 Å². The maximum absolute atomic E-state index is 11.6. The summed E-state index contributed by atoms with van der Waals surface area (Å²) in [5, 5.41) is 0. The van der Waals surface area contributed by atoms with Crippen molar-refractivity contribution in [3.63, 3.8) is 0 Å². The number of allylic oxidation sites excluding steroid dienone is 4. The Kier molecular flexibility index (Phi) is 17.0. The van der Waals surface area contributed by atoms with Gasteiger partial charge < -0.3 is 4.43 Å². The van der Waals surface area contributed by atoms with E-state index in [9.17, 15) is 4.79 Å². The molecule has 0 spiro atoms. The van der Waals surface area contributed by atoms with Crippen LogP contribution < -0.4 is 0 Å². The molecule has 0 aromatic heterocycles. The summed E-state index contributed by atoms with van der Waals surface area (Å²) in [5.41, 5.74) is 0. The minimum atomic E-state index is -1.69. The lowest BCUT2D eigenvalue weighted by atomic mass is 10.1. The van der Waals surface area contributed by atoms with Gasteiger partial charge in [0.1, 0.15) is 0 Å². The lowest BCUT2D eigenvalue weighted by molar-refractivity contribution is -0.135. The van der Waals surface area contributed by atoms with E-state index in [0.717, 1.165) is 19.3 Å². The van der Waals surface area contributed by atoms with Crippen molar-refractivity contribution in [3.8, 4) is 0 Å². The lowest BCUT2D eigenvalue weighted by Gasteiger charge is -2.17. The van der Waals surface area contributed by atoms with Crippen LogP contribution in [0.5, 0.6) is 0 Å². The average Bonchev–Trinajstić information content (AvgIpc) is 2.56. The third-order valence-electron chi connectivity index (χ3n) is 4.25. The summed E-state index contributed by atoms with van der Waals surface area (Å²) < 4.78 is 5.46. The number of rotatable bonds is 17. The molecule has 0 saturated heterocycles. The van der Waals surface area contributed by atoms with Gasteiger partial charge in [0, 0.05) is 6.42 Å². The van der Waals surface area contributed by atoms with Crippen LogP contribution in [0, 0.1) is 0 Å². The van der Waals surface area contributed by atoms with Crippen LogP contribution in [0.2, 0.25) is 19.6 Å². The average molecular weight is 381 g/mol. The van der Waals surface area contributed by atoms with Gasteiger partial charge in [-0.2, -0.15) is 0 Å². The van der Waals surface area contributed by atoms with E-state index >= 15 is 0 Å². The fraction of sp³-hybridized carbons (Fsp3) is 0.783. The molecule has 0 aliphatic rings. The van der Waals surface area contributed by atoms with E-state index in [1.807, 2.05) is 0 Å². The maximum Gasteiger partial charge on any atom is 0.292 e. The molecule has 0 aromatic carbocycles. The molecule has 3 heteroatoms. The monoisotopic (exact) mass is 380 g/mol. The normalized spacial score (nSPS) is 12.3. The van der Waals surface area contributed by atoms with Crippen molar-refractivity contribution in [3.05, 3.63) is 24.3 Å². The van der Waals surface area contributed by atoms with Crippen LogP contribution in [-0.4, -0.2) is 14.3 Å². The Morgan fingerprint density at radius 2 is 1.23 bits per heavy atom. The Balaban J connectivity index is 3.29. The van der Waals surface area contributed by atoms with Crippen molar-refractivity contribution in [1.82, 2.24) is 0 Å². The van der Waals surface area contributed by atoms with Crippen molar-refractivity contribution in [2.24, 2.45) is 0 Å². The van der Waals surface area contributed by atoms with Gasteiger partial charge in [-0.25, -0.2) is 0 Å². The number of hydrogen-bond acceptors (Lipinski definition) is 2. The van der Waals surface area contributed by atoms with E-state index in [1.54, 1.807) is 0 Å². The molecule has 0 N–H and O–H groups in total. The highest BCUT2D eigenvalue weighted by Gasteiger charge is 2.19. The molecule has 0 rings (SSSR count). The standard InChI is InChI=1S/C23H44O2Si/c1-5-6-7-8-9-10-11-12-13-14-15-16-17-18-19-20-21-22-23(24)25-26(2,3)4/h9-10,12-13H,5-8,11,14-22H2,1-4H3/b10-9+,13-12+. The first kappa shape index (κ1) is 25.2. The van der Waals surface area contributed by atoms with E-state index in [-0.39, 0.29) is 5.97 Å². The minimum Gasteiger partial charge on any atom is -0.520 e. The number of unbranched alkanes of at least 4 members (excludes halogenated alkanes) is 10. The molecular formula is C23H44O2Si. The number of carbonyl (C=O) groups is 1. The van der Waals surface area contributed by atoms with Crippen molar-refractivity contribution in [1.29, 1.82) is 0 Å². The Bertz CT molecular complexity index is 380. The van der Waals surface area contributed by atoms with E-state index in [2.05, 4.69) is 50.9 Å². The first-order valence-corrected chi connectivity index (χ1v) is 14.4. The van der Waals surface area contributed by atoms with Crippen LogP contribution in [-0.2, 0) is 9.22 Å². The van der Waals surface area contributed by atoms with Gasteiger partial charge in [-0.05, 0) is 58.2 Å². The topological polar surface area (TPSA) is 26.3 Å². The molecule has 2 nitrogen and oxygen atoms in total. The molecule has 0 fully saturated rings. The van der Waals surface area contributed by atoms with E-state index < -0.39 is 8.32 Å². The molecule has 0 radical (unpaired) electrons. The molecule has 0 saturated carbocycles. The first-order valence-electron chi connectivity index (χ1n) is 11.0. The van der Waals surface area contributed by atoms with Gasteiger partial charge >= 0.3 is 0 Å². The van der Waals surface area contributed by atoms with Gasteiger partial charge in [0.25, 0.3) is 5.97 Å². The van der Waals surface area contributed by atoms with Gasteiger partial charge in [0.2, 0.25) is 8.32 Å². The lowest BCUT2D eigenvalue weighted by Crippen LogP contribution is -2.28. The summed E-state index contributed by atoms with van der Waals surface area (Å²) in [5.74, 6) is 0.00626. The number of hydrogen-bond donors (Lipinski definition) is 0. The fourth-order valence-electron chi connectivity index (χ4n) is 2.83. The molecule has 0 heterocycles. The summed E-state index contributed by atoms with van der Waals surface area (Å²) in [6.07, 6.45) is 26.0. The van der Waals surface area contributed by atoms with Crippen molar-refractivity contribution in [2.75, 3.05) is 0 Å². The highest BCUT2D eigenvalue weighted by molar-refractivity contribution is 6.71. The Hall–Kier alpha value is -0.833. The zero-order valence-corrected chi connectivity index (χ0v) is 19.0. The zero-order valence-electron chi connectivity index (χ0n) is 18.0. The third kappa shape index (κ3) is 21.2. The Labute approximate surface area is 164 Å². The predicted molar refractivity (Wildman–Crippen MR) is 118 cm³/mol. The highest BCUT2D eigenvalue weighted by Crippen LogP contribution is 2.12. The van der Waals surface area contributed by atoms with Crippen molar-refractivity contribution in [2.45, 2.75) is 116 Å². The SMILES string of the molecule is CCCCC/C=C/C/C=C/CCCCCCCCCC(=O)O[Si](C)(C)C. The molecule has 0 atom stereocenters. The summed E-state index contributed by atoms with van der Waals surface area (Å²) in [7, 11) is -1.69. The highest BCUT2D eigenvalue weighted by atomic mass is 28.4. The van der Waals surface area contributed by atoms with Gasteiger partial charge in [0.15, 0.2) is 0 Å².